The molecule has 3 aromatic carbocycles. The smallest absolute Gasteiger partial charge is 0.300 e. The van der Waals surface area contributed by atoms with Gasteiger partial charge in [-0.05, 0) is 79.1 Å². The van der Waals surface area contributed by atoms with Crippen molar-refractivity contribution in [1.29, 1.82) is 0 Å². The Morgan fingerprint density at radius 2 is 1.43 bits per heavy atom. The monoisotopic (exact) mass is 501 g/mol. The minimum atomic E-state index is -0.833. The number of anilines is 1. The highest BCUT2D eigenvalue weighted by molar-refractivity contribution is 6.51. The molecule has 1 heterocycles. The molecule has 1 atom stereocenters. The summed E-state index contributed by atoms with van der Waals surface area (Å²) < 4.78 is 16.5. The molecule has 1 aliphatic rings. The van der Waals surface area contributed by atoms with E-state index in [4.69, 9.17) is 14.2 Å². The number of nitrogens with zero attached hydrogens (tertiary/aromatic N) is 1. The molecule has 1 fully saturated rings. The molecule has 1 N–H and O–H groups in total. The third kappa shape index (κ3) is 5.45. The molecule has 0 aliphatic carbocycles. The molecule has 192 valence electrons. The summed E-state index contributed by atoms with van der Waals surface area (Å²) in [6.07, 6.45) is 0. The lowest BCUT2D eigenvalue weighted by Crippen LogP contribution is -2.29. The van der Waals surface area contributed by atoms with E-state index >= 15 is 0 Å². The number of aliphatic hydroxyl groups excluding tert-OH is 1. The SMILES string of the molecule is CCOc1ccc(/C(O)=C2\C(=O)C(=O)N(c3ccc(OCC(C)C)cc3)C2c2ccc(OC)cc2)cc1. The lowest BCUT2D eigenvalue weighted by molar-refractivity contribution is -0.132. The summed E-state index contributed by atoms with van der Waals surface area (Å²) in [6.45, 7) is 7.08. The zero-order valence-corrected chi connectivity index (χ0v) is 21.4. The van der Waals surface area contributed by atoms with Crippen LogP contribution < -0.4 is 19.1 Å². The van der Waals surface area contributed by atoms with E-state index in [1.165, 1.54) is 4.90 Å². The number of aliphatic hydroxyl groups is 1. The molecule has 0 saturated carbocycles. The van der Waals surface area contributed by atoms with Crippen LogP contribution >= 0.6 is 0 Å². The Kier molecular flexibility index (Phi) is 7.82. The van der Waals surface area contributed by atoms with Gasteiger partial charge >= 0.3 is 0 Å². The van der Waals surface area contributed by atoms with Crippen LogP contribution in [-0.2, 0) is 9.59 Å². The molecule has 3 aromatic rings. The molecule has 37 heavy (non-hydrogen) atoms. The van der Waals surface area contributed by atoms with Crippen molar-refractivity contribution in [2.45, 2.75) is 26.8 Å². The third-order valence-corrected chi connectivity index (χ3v) is 6.01. The number of Topliss-reactive ketones (excluding diaryl/α,β-unsaturated/α-hetero) is 1. The van der Waals surface area contributed by atoms with Crippen LogP contribution in [0.5, 0.6) is 17.2 Å². The first kappa shape index (κ1) is 25.8. The van der Waals surface area contributed by atoms with Crippen LogP contribution in [0, 0.1) is 5.92 Å². The van der Waals surface area contributed by atoms with Crippen LogP contribution in [0.3, 0.4) is 0 Å². The van der Waals surface area contributed by atoms with Crippen molar-refractivity contribution in [2.75, 3.05) is 25.2 Å². The summed E-state index contributed by atoms with van der Waals surface area (Å²) in [5, 5.41) is 11.3. The van der Waals surface area contributed by atoms with Gasteiger partial charge in [0.05, 0.1) is 31.9 Å². The molecule has 1 amide bonds. The lowest BCUT2D eigenvalue weighted by Gasteiger charge is -2.26. The maximum atomic E-state index is 13.4. The van der Waals surface area contributed by atoms with Gasteiger partial charge in [0.2, 0.25) is 0 Å². The second kappa shape index (κ2) is 11.2. The third-order valence-electron chi connectivity index (χ3n) is 6.01. The van der Waals surface area contributed by atoms with Crippen LogP contribution in [0.2, 0.25) is 0 Å². The Hall–Kier alpha value is -4.26. The van der Waals surface area contributed by atoms with Crippen molar-refractivity contribution in [3.05, 3.63) is 89.5 Å². The standard InChI is InChI=1S/C30H31NO6/c1-5-36-24-14-8-21(9-15-24)28(32)26-27(20-6-12-23(35-4)13-7-20)31(30(34)29(26)33)22-10-16-25(17-11-22)37-18-19(2)3/h6-17,19,27,32H,5,18H2,1-4H3/b28-26+. The van der Waals surface area contributed by atoms with E-state index in [-0.39, 0.29) is 11.3 Å². The van der Waals surface area contributed by atoms with Crippen molar-refractivity contribution in [3.8, 4) is 17.2 Å². The molecule has 0 bridgehead atoms. The fraction of sp³-hybridized carbons (Fsp3) is 0.267. The number of ketones is 1. The number of carbonyl (C=O) groups excluding carboxylic acids is 2. The maximum Gasteiger partial charge on any atom is 0.300 e. The van der Waals surface area contributed by atoms with Gasteiger partial charge in [0, 0.05) is 11.3 Å². The summed E-state index contributed by atoms with van der Waals surface area (Å²) in [7, 11) is 1.57. The first-order valence-corrected chi connectivity index (χ1v) is 12.2. The number of rotatable bonds is 9. The highest BCUT2D eigenvalue weighted by Gasteiger charge is 2.47. The zero-order valence-electron chi connectivity index (χ0n) is 21.4. The minimum absolute atomic E-state index is 0.0134. The van der Waals surface area contributed by atoms with E-state index in [0.717, 1.165) is 0 Å². The fourth-order valence-electron chi connectivity index (χ4n) is 4.20. The van der Waals surface area contributed by atoms with E-state index in [2.05, 4.69) is 13.8 Å². The Balaban J connectivity index is 1.79. The van der Waals surface area contributed by atoms with E-state index in [1.54, 1.807) is 79.9 Å². The Bertz CT molecular complexity index is 1280. The molecule has 0 aromatic heterocycles. The van der Waals surface area contributed by atoms with Gasteiger partial charge in [0.25, 0.3) is 11.7 Å². The molecule has 0 radical (unpaired) electrons. The summed E-state index contributed by atoms with van der Waals surface area (Å²) in [6, 6.07) is 20.1. The van der Waals surface area contributed by atoms with Gasteiger partial charge in [-0.15, -0.1) is 0 Å². The first-order chi connectivity index (χ1) is 17.8. The van der Waals surface area contributed by atoms with Crippen molar-refractivity contribution in [3.63, 3.8) is 0 Å². The predicted molar refractivity (Wildman–Crippen MR) is 142 cm³/mol. The Labute approximate surface area is 216 Å². The summed E-state index contributed by atoms with van der Waals surface area (Å²) in [5.41, 5.74) is 1.61. The van der Waals surface area contributed by atoms with Gasteiger partial charge in [0.15, 0.2) is 0 Å². The molecular weight excluding hydrogens is 470 g/mol. The largest absolute Gasteiger partial charge is 0.507 e. The second-order valence-corrected chi connectivity index (χ2v) is 9.10. The van der Waals surface area contributed by atoms with Crippen molar-refractivity contribution < 1.29 is 28.9 Å². The number of benzene rings is 3. The van der Waals surface area contributed by atoms with E-state index < -0.39 is 17.7 Å². The quantitative estimate of drug-likeness (QED) is 0.228. The van der Waals surface area contributed by atoms with E-state index in [0.29, 0.717) is 53.2 Å². The number of hydrogen-bond acceptors (Lipinski definition) is 6. The van der Waals surface area contributed by atoms with Crippen molar-refractivity contribution in [1.82, 2.24) is 0 Å². The van der Waals surface area contributed by atoms with Crippen molar-refractivity contribution in [2.24, 2.45) is 5.92 Å². The summed E-state index contributed by atoms with van der Waals surface area (Å²) >= 11 is 0. The van der Waals surface area contributed by atoms with Crippen LogP contribution in [0.4, 0.5) is 5.69 Å². The minimum Gasteiger partial charge on any atom is -0.507 e. The first-order valence-electron chi connectivity index (χ1n) is 12.2. The number of methoxy groups -OCH3 is 1. The molecule has 1 aliphatic heterocycles. The molecule has 1 unspecified atom stereocenters. The van der Waals surface area contributed by atoms with Crippen LogP contribution in [0.15, 0.2) is 78.4 Å². The Morgan fingerprint density at radius 1 is 0.865 bits per heavy atom. The second-order valence-electron chi connectivity index (χ2n) is 9.10. The maximum absolute atomic E-state index is 13.4. The molecule has 0 spiro atoms. The summed E-state index contributed by atoms with van der Waals surface area (Å²) in [4.78, 5) is 28.1. The van der Waals surface area contributed by atoms with Crippen molar-refractivity contribution >= 4 is 23.1 Å². The topological polar surface area (TPSA) is 85.3 Å². The van der Waals surface area contributed by atoms with Gasteiger partial charge in [-0.3, -0.25) is 14.5 Å². The van der Waals surface area contributed by atoms with E-state index in [9.17, 15) is 14.7 Å². The highest BCUT2D eigenvalue weighted by atomic mass is 16.5. The number of hydrogen-bond donors (Lipinski definition) is 1. The molecule has 7 heteroatoms. The molecule has 1 saturated heterocycles. The van der Waals surface area contributed by atoms with Gasteiger partial charge in [-0.25, -0.2) is 0 Å². The average Bonchev–Trinajstić information content (AvgIpc) is 3.18. The number of ether oxygens (including phenoxy) is 3. The van der Waals surface area contributed by atoms with Gasteiger partial charge in [-0.1, -0.05) is 26.0 Å². The van der Waals surface area contributed by atoms with E-state index in [1.807, 2.05) is 6.92 Å². The predicted octanol–water partition coefficient (Wildman–Crippen LogP) is 5.76. The number of amides is 1. The Morgan fingerprint density at radius 3 is 2.00 bits per heavy atom. The van der Waals surface area contributed by atoms with Gasteiger partial charge in [-0.2, -0.15) is 0 Å². The van der Waals surface area contributed by atoms with Gasteiger partial charge in [0.1, 0.15) is 23.0 Å². The molecule has 7 nitrogen and oxygen atoms in total. The highest BCUT2D eigenvalue weighted by Crippen LogP contribution is 2.43. The fourth-order valence-corrected chi connectivity index (χ4v) is 4.20. The van der Waals surface area contributed by atoms with Crippen LogP contribution in [-0.4, -0.2) is 37.1 Å². The lowest BCUT2D eigenvalue weighted by atomic mass is 9.95. The summed E-state index contributed by atoms with van der Waals surface area (Å²) in [5.74, 6) is 0.600. The molecular formula is C30H31NO6. The molecule has 4 rings (SSSR count). The van der Waals surface area contributed by atoms with Gasteiger partial charge < -0.3 is 19.3 Å². The zero-order chi connectivity index (χ0) is 26.5. The normalized spacial score (nSPS) is 16.8. The van der Waals surface area contributed by atoms with Crippen LogP contribution in [0.1, 0.15) is 37.9 Å². The number of carbonyl (C=O) groups is 2. The van der Waals surface area contributed by atoms with Crippen LogP contribution in [0.25, 0.3) is 5.76 Å². The average molecular weight is 502 g/mol.